The van der Waals surface area contributed by atoms with Crippen LogP contribution in [0.25, 0.3) is 11.1 Å². The second kappa shape index (κ2) is 8.95. The second-order valence-corrected chi connectivity index (χ2v) is 8.64. The smallest absolute Gasteiger partial charge is 0.410 e. The van der Waals surface area contributed by atoms with Gasteiger partial charge in [-0.15, -0.1) is 0 Å². The van der Waals surface area contributed by atoms with E-state index >= 15 is 0 Å². The van der Waals surface area contributed by atoms with E-state index in [2.05, 4.69) is 5.10 Å². The van der Waals surface area contributed by atoms with E-state index in [1.807, 2.05) is 37.7 Å². The van der Waals surface area contributed by atoms with Gasteiger partial charge in [-0.2, -0.15) is 5.10 Å². The van der Waals surface area contributed by atoms with E-state index in [9.17, 15) is 9.18 Å². The highest BCUT2D eigenvalue weighted by Gasteiger charge is 2.27. The Morgan fingerprint density at radius 1 is 1.28 bits per heavy atom. The number of aliphatic hydroxyl groups is 1. The van der Waals surface area contributed by atoms with Crippen LogP contribution < -0.4 is 0 Å². The molecule has 3 rings (SSSR count). The van der Waals surface area contributed by atoms with E-state index < -0.39 is 5.60 Å². The molecule has 0 atom stereocenters. The average molecular weight is 403 g/mol. The quantitative estimate of drug-likeness (QED) is 0.823. The number of hydrogen-bond donors (Lipinski definition) is 1. The number of nitrogens with zero attached hydrogens (tertiary/aromatic N) is 3. The Hall–Kier alpha value is -2.41. The zero-order chi connectivity index (χ0) is 21.0. The van der Waals surface area contributed by atoms with E-state index in [-0.39, 0.29) is 18.5 Å². The molecule has 1 fully saturated rings. The molecule has 1 aromatic heterocycles. The van der Waals surface area contributed by atoms with E-state index in [4.69, 9.17) is 9.84 Å². The van der Waals surface area contributed by atoms with Crippen molar-refractivity contribution in [3.63, 3.8) is 0 Å². The number of halogens is 1. The largest absolute Gasteiger partial charge is 0.444 e. The summed E-state index contributed by atoms with van der Waals surface area (Å²) in [7, 11) is 0. The number of hydrogen-bond acceptors (Lipinski definition) is 4. The zero-order valence-electron chi connectivity index (χ0n) is 17.4. The van der Waals surface area contributed by atoms with Gasteiger partial charge in [0.25, 0.3) is 0 Å². The molecule has 2 heterocycles. The van der Waals surface area contributed by atoms with Crippen LogP contribution in [0.1, 0.15) is 39.2 Å². The SMILES string of the molecule is CC(C)(C)OC(=O)N1CCC(Cn2cc(-c3ccc(CCO)c(F)c3)cn2)CC1. The first-order valence-electron chi connectivity index (χ1n) is 10.1. The maximum absolute atomic E-state index is 14.1. The third-order valence-electron chi connectivity index (χ3n) is 5.11. The van der Waals surface area contributed by atoms with Crippen molar-refractivity contribution >= 4 is 6.09 Å². The van der Waals surface area contributed by atoms with Gasteiger partial charge in [-0.25, -0.2) is 9.18 Å². The highest BCUT2D eigenvalue weighted by molar-refractivity contribution is 5.68. The summed E-state index contributed by atoms with van der Waals surface area (Å²) in [5.74, 6) is 0.129. The number of benzene rings is 1. The van der Waals surface area contributed by atoms with E-state index in [0.717, 1.165) is 30.5 Å². The van der Waals surface area contributed by atoms with Crippen molar-refractivity contribution in [3.05, 3.63) is 42.0 Å². The molecule has 0 spiro atoms. The standard InChI is InChI=1S/C22H30FN3O3/c1-22(2,3)29-21(28)25-9-6-16(7-10-25)14-26-15-19(13-24-26)18-5-4-17(8-11-27)20(23)12-18/h4-5,12-13,15-16,27H,6-11,14H2,1-3H3. The van der Waals surface area contributed by atoms with Crippen molar-refractivity contribution in [2.24, 2.45) is 5.92 Å². The Morgan fingerprint density at radius 3 is 2.62 bits per heavy atom. The molecular weight excluding hydrogens is 373 g/mol. The van der Waals surface area contributed by atoms with Gasteiger partial charge in [0.2, 0.25) is 0 Å². The molecule has 1 amide bonds. The molecule has 29 heavy (non-hydrogen) atoms. The molecule has 1 aliphatic heterocycles. The number of carbonyl (C=O) groups is 1. The molecule has 1 aromatic carbocycles. The lowest BCUT2D eigenvalue weighted by Crippen LogP contribution is -2.42. The number of aromatic nitrogens is 2. The third-order valence-corrected chi connectivity index (χ3v) is 5.11. The summed E-state index contributed by atoms with van der Waals surface area (Å²) in [4.78, 5) is 13.9. The minimum absolute atomic E-state index is 0.0685. The van der Waals surface area contributed by atoms with Gasteiger partial charge in [0.1, 0.15) is 11.4 Å². The van der Waals surface area contributed by atoms with Crippen LogP contribution in [-0.2, 0) is 17.7 Å². The number of rotatable bonds is 5. The van der Waals surface area contributed by atoms with E-state index in [1.54, 1.807) is 17.2 Å². The monoisotopic (exact) mass is 403 g/mol. The van der Waals surface area contributed by atoms with Crippen LogP contribution in [0.4, 0.5) is 9.18 Å². The summed E-state index contributed by atoms with van der Waals surface area (Å²) in [6.07, 6.45) is 5.55. The first kappa shape index (κ1) is 21.3. The fraction of sp³-hybridized carbons (Fsp3) is 0.545. The number of amides is 1. The van der Waals surface area contributed by atoms with Crippen LogP contribution in [0.3, 0.4) is 0 Å². The fourth-order valence-corrected chi connectivity index (χ4v) is 3.55. The van der Waals surface area contributed by atoms with Crippen LogP contribution in [0.2, 0.25) is 0 Å². The topological polar surface area (TPSA) is 67.6 Å². The molecule has 0 aliphatic carbocycles. The lowest BCUT2D eigenvalue weighted by molar-refractivity contribution is 0.0177. The predicted octanol–water partition coefficient (Wildman–Crippen LogP) is 3.87. The molecule has 0 radical (unpaired) electrons. The summed E-state index contributed by atoms with van der Waals surface area (Å²) in [5.41, 5.74) is 1.68. The Kier molecular flexibility index (Phi) is 6.57. The number of carbonyl (C=O) groups excluding carboxylic acids is 1. The van der Waals surface area contributed by atoms with Crippen molar-refractivity contribution in [1.82, 2.24) is 14.7 Å². The second-order valence-electron chi connectivity index (χ2n) is 8.64. The summed E-state index contributed by atoms with van der Waals surface area (Å²) in [6, 6.07) is 5.06. The van der Waals surface area contributed by atoms with E-state index in [0.29, 0.717) is 31.0 Å². The summed E-state index contributed by atoms with van der Waals surface area (Å²) in [6.45, 7) is 7.70. The Labute approximate surface area is 171 Å². The van der Waals surface area contributed by atoms with Crippen molar-refractivity contribution in [3.8, 4) is 11.1 Å². The lowest BCUT2D eigenvalue weighted by atomic mass is 9.97. The maximum atomic E-state index is 14.1. The van der Waals surface area contributed by atoms with Crippen molar-refractivity contribution in [2.75, 3.05) is 19.7 Å². The summed E-state index contributed by atoms with van der Waals surface area (Å²) >= 11 is 0. The normalized spacial score (nSPS) is 15.6. The van der Waals surface area contributed by atoms with Crippen LogP contribution in [0, 0.1) is 11.7 Å². The molecule has 0 unspecified atom stereocenters. The van der Waals surface area contributed by atoms with Crippen LogP contribution in [0.15, 0.2) is 30.6 Å². The zero-order valence-corrected chi connectivity index (χ0v) is 17.4. The molecule has 0 bridgehead atoms. The Bertz CT molecular complexity index is 836. The molecule has 7 heteroatoms. The molecule has 158 valence electrons. The molecule has 6 nitrogen and oxygen atoms in total. The molecule has 1 saturated heterocycles. The lowest BCUT2D eigenvalue weighted by Gasteiger charge is -2.33. The third kappa shape index (κ3) is 5.79. The highest BCUT2D eigenvalue weighted by Crippen LogP contribution is 2.24. The van der Waals surface area contributed by atoms with Gasteiger partial charge >= 0.3 is 6.09 Å². The predicted molar refractivity (Wildman–Crippen MR) is 109 cm³/mol. The highest BCUT2D eigenvalue weighted by atomic mass is 19.1. The summed E-state index contributed by atoms with van der Waals surface area (Å²) in [5, 5.41) is 13.4. The Morgan fingerprint density at radius 2 is 2.00 bits per heavy atom. The van der Waals surface area contributed by atoms with Crippen LogP contribution in [-0.4, -0.2) is 51.2 Å². The van der Waals surface area contributed by atoms with Gasteiger partial charge in [0.05, 0.1) is 6.20 Å². The molecule has 1 aliphatic rings. The maximum Gasteiger partial charge on any atom is 0.410 e. The van der Waals surface area contributed by atoms with E-state index in [1.165, 1.54) is 6.07 Å². The van der Waals surface area contributed by atoms with Crippen molar-refractivity contribution < 1.29 is 19.0 Å². The Balaban J connectivity index is 1.55. The van der Waals surface area contributed by atoms with Crippen molar-refractivity contribution in [2.45, 2.75) is 52.2 Å². The van der Waals surface area contributed by atoms with Crippen LogP contribution >= 0.6 is 0 Å². The number of likely N-dealkylation sites (tertiary alicyclic amines) is 1. The first-order chi connectivity index (χ1) is 13.7. The average Bonchev–Trinajstić information content (AvgIpc) is 3.11. The first-order valence-corrected chi connectivity index (χ1v) is 10.1. The molecule has 0 saturated carbocycles. The van der Waals surface area contributed by atoms with Gasteiger partial charge in [0.15, 0.2) is 0 Å². The number of aliphatic hydroxyl groups excluding tert-OH is 1. The minimum Gasteiger partial charge on any atom is -0.444 e. The van der Waals surface area contributed by atoms with Gasteiger partial charge in [-0.05, 0) is 63.1 Å². The van der Waals surface area contributed by atoms with Gasteiger partial charge in [-0.1, -0.05) is 12.1 Å². The molecule has 2 aromatic rings. The fourth-order valence-electron chi connectivity index (χ4n) is 3.55. The molecular formula is C22H30FN3O3. The van der Waals surface area contributed by atoms with Gasteiger partial charge in [-0.3, -0.25) is 4.68 Å². The minimum atomic E-state index is -0.477. The summed E-state index contributed by atoms with van der Waals surface area (Å²) < 4.78 is 21.5. The van der Waals surface area contributed by atoms with Crippen LogP contribution in [0.5, 0.6) is 0 Å². The van der Waals surface area contributed by atoms with Gasteiger partial charge < -0.3 is 14.7 Å². The number of piperidine rings is 1. The number of ether oxygens (including phenoxy) is 1. The van der Waals surface area contributed by atoms with Gasteiger partial charge in [0, 0.05) is 38.0 Å². The van der Waals surface area contributed by atoms with Crippen molar-refractivity contribution in [1.29, 1.82) is 0 Å². The molecule has 1 N–H and O–H groups in total.